The van der Waals surface area contributed by atoms with E-state index in [4.69, 9.17) is 5.26 Å². The first-order chi connectivity index (χ1) is 9.25. The topological polar surface area (TPSA) is 61.1 Å². The summed E-state index contributed by atoms with van der Waals surface area (Å²) in [5.74, 6) is -0.241. The SMILES string of the molecule is N#CCCCCCCCCC(C(=O)O)C1CCCC1. The first-order valence-corrected chi connectivity index (χ1v) is 7.85. The summed E-state index contributed by atoms with van der Waals surface area (Å²) >= 11 is 0. The van der Waals surface area contributed by atoms with Crippen LogP contribution in [0.3, 0.4) is 0 Å². The van der Waals surface area contributed by atoms with Gasteiger partial charge in [-0.15, -0.1) is 0 Å². The van der Waals surface area contributed by atoms with Crippen molar-refractivity contribution in [2.75, 3.05) is 0 Å². The van der Waals surface area contributed by atoms with E-state index < -0.39 is 5.97 Å². The van der Waals surface area contributed by atoms with Crippen molar-refractivity contribution in [3.05, 3.63) is 0 Å². The van der Waals surface area contributed by atoms with E-state index in [1.54, 1.807) is 0 Å². The number of carbonyl (C=O) groups is 1. The molecule has 1 atom stereocenters. The monoisotopic (exact) mass is 265 g/mol. The molecule has 1 rings (SSSR count). The van der Waals surface area contributed by atoms with Gasteiger partial charge in [-0.3, -0.25) is 4.79 Å². The summed E-state index contributed by atoms with van der Waals surface area (Å²) in [4.78, 5) is 11.3. The van der Waals surface area contributed by atoms with Crippen LogP contribution < -0.4 is 0 Å². The number of carboxylic acid groups (broad SMARTS) is 1. The highest BCUT2D eigenvalue weighted by atomic mass is 16.4. The van der Waals surface area contributed by atoms with E-state index in [9.17, 15) is 9.90 Å². The summed E-state index contributed by atoms with van der Waals surface area (Å²) < 4.78 is 0. The van der Waals surface area contributed by atoms with Gasteiger partial charge in [0.05, 0.1) is 12.0 Å². The standard InChI is InChI=1S/C16H27NO2/c17-13-9-5-3-1-2-4-6-12-15(16(18)19)14-10-7-8-11-14/h14-15H,1-12H2,(H,18,19). The van der Waals surface area contributed by atoms with Crippen LogP contribution in [0, 0.1) is 23.2 Å². The average molecular weight is 265 g/mol. The Kier molecular flexibility index (Phi) is 8.29. The number of hydrogen-bond acceptors (Lipinski definition) is 2. The predicted molar refractivity (Wildman–Crippen MR) is 75.6 cm³/mol. The second-order valence-electron chi connectivity index (χ2n) is 5.81. The molecule has 0 amide bonds. The number of aliphatic carboxylic acids is 1. The molecule has 1 saturated carbocycles. The first-order valence-electron chi connectivity index (χ1n) is 7.85. The summed E-state index contributed by atoms with van der Waals surface area (Å²) in [7, 11) is 0. The Morgan fingerprint density at radius 1 is 1.11 bits per heavy atom. The van der Waals surface area contributed by atoms with Crippen molar-refractivity contribution in [2.24, 2.45) is 11.8 Å². The van der Waals surface area contributed by atoms with Crippen molar-refractivity contribution in [1.82, 2.24) is 0 Å². The van der Waals surface area contributed by atoms with Crippen molar-refractivity contribution in [3.8, 4) is 6.07 Å². The number of rotatable bonds is 10. The van der Waals surface area contributed by atoms with E-state index in [1.807, 2.05) is 0 Å². The van der Waals surface area contributed by atoms with Crippen LogP contribution in [0.5, 0.6) is 0 Å². The van der Waals surface area contributed by atoms with Crippen molar-refractivity contribution >= 4 is 5.97 Å². The van der Waals surface area contributed by atoms with Gasteiger partial charge >= 0.3 is 5.97 Å². The third kappa shape index (κ3) is 6.61. The third-order valence-electron chi connectivity index (χ3n) is 4.34. The Bertz CT molecular complexity index is 290. The van der Waals surface area contributed by atoms with Gasteiger partial charge < -0.3 is 5.11 Å². The Morgan fingerprint density at radius 2 is 1.68 bits per heavy atom. The Balaban J connectivity index is 2.05. The molecule has 0 aliphatic heterocycles. The quantitative estimate of drug-likeness (QED) is 0.591. The van der Waals surface area contributed by atoms with Gasteiger partial charge in [-0.25, -0.2) is 0 Å². The van der Waals surface area contributed by atoms with Crippen LogP contribution in [0.25, 0.3) is 0 Å². The second-order valence-corrected chi connectivity index (χ2v) is 5.81. The number of unbranched alkanes of at least 4 members (excludes halogenated alkanes) is 6. The fraction of sp³-hybridized carbons (Fsp3) is 0.875. The molecule has 3 nitrogen and oxygen atoms in total. The molecule has 1 N–H and O–H groups in total. The molecule has 0 aromatic heterocycles. The zero-order valence-electron chi connectivity index (χ0n) is 11.9. The van der Waals surface area contributed by atoms with Crippen molar-refractivity contribution < 1.29 is 9.90 Å². The maximum Gasteiger partial charge on any atom is 0.306 e. The van der Waals surface area contributed by atoms with Crippen molar-refractivity contribution in [2.45, 2.75) is 77.0 Å². The average Bonchev–Trinajstić information content (AvgIpc) is 2.90. The van der Waals surface area contributed by atoms with Gasteiger partial charge in [-0.1, -0.05) is 44.9 Å². The van der Waals surface area contributed by atoms with Crippen LogP contribution in [0.2, 0.25) is 0 Å². The zero-order valence-corrected chi connectivity index (χ0v) is 11.9. The Morgan fingerprint density at radius 3 is 2.26 bits per heavy atom. The van der Waals surface area contributed by atoms with Crippen molar-refractivity contribution in [3.63, 3.8) is 0 Å². The largest absolute Gasteiger partial charge is 0.481 e. The van der Waals surface area contributed by atoms with Gasteiger partial charge in [0, 0.05) is 6.42 Å². The molecular formula is C16H27NO2. The number of carboxylic acids is 1. The fourth-order valence-electron chi connectivity index (χ4n) is 3.20. The molecule has 19 heavy (non-hydrogen) atoms. The van der Waals surface area contributed by atoms with Crippen LogP contribution in [-0.4, -0.2) is 11.1 Å². The van der Waals surface area contributed by atoms with E-state index >= 15 is 0 Å². The normalized spacial score (nSPS) is 17.2. The van der Waals surface area contributed by atoms with Crippen LogP contribution >= 0.6 is 0 Å². The second kappa shape index (κ2) is 9.83. The predicted octanol–water partition coefficient (Wildman–Crippen LogP) is 4.52. The van der Waals surface area contributed by atoms with Crippen LogP contribution in [0.4, 0.5) is 0 Å². The molecule has 0 spiro atoms. The van der Waals surface area contributed by atoms with E-state index in [0.717, 1.165) is 44.9 Å². The molecule has 0 saturated heterocycles. The number of nitrogens with zero attached hydrogens (tertiary/aromatic N) is 1. The fourth-order valence-corrected chi connectivity index (χ4v) is 3.20. The summed E-state index contributed by atoms with van der Waals surface area (Å²) in [6, 6.07) is 2.16. The van der Waals surface area contributed by atoms with E-state index in [1.165, 1.54) is 25.7 Å². The number of nitriles is 1. The molecule has 3 heteroatoms. The molecular weight excluding hydrogens is 238 g/mol. The summed E-state index contributed by atoms with van der Waals surface area (Å²) in [5, 5.41) is 17.7. The molecule has 0 heterocycles. The van der Waals surface area contributed by atoms with Crippen LogP contribution in [-0.2, 0) is 4.79 Å². The lowest BCUT2D eigenvalue weighted by atomic mass is 9.86. The lowest BCUT2D eigenvalue weighted by Crippen LogP contribution is -2.21. The molecule has 0 aromatic rings. The third-order valence-corrected chi connectivity index (χ3v) is 4.34. The molecule has 1 unspecified atom stereocenters. The van der Waals surface area contributed by atoms with Crippen LogP contribution in [0.15, 0.2) is 0 Å². The molecule has 0 aromatic carbocycles. The van der Waals surface area contributed by atoms with Gasteiger partial charge in [0.15, 0.2) is 0 Å². The van der Waals surface area contributed by atoms with Crippen LogP contribution in [0.1, 0.15) is 77.0 Å². The van der Waals surface area contributed by atoms with Gasteiger partial charge in [0.1, 0.15) is 0 Å². The minimum Gasteiger partial charge on any atom is -0.481 e. The highest BCUT2D eigenvalue weighted by molar-refractivity contribution is 5.70. The van der Waals surface area contributed by atoms with Crippen molar-refractivity contribution in [1.29, 1.82) is 5.26 Å². The van der Waals surface area contributed by atoms with Gasteiger partial charge in [0.2, 0.25) is 0 Å². The summed E-state index contributed by atoms with van der Waals surface area (Å²) in [5.41, 5.74) is 0. The lowest BCUT2D eigenvalue weighted by Gasteiger charge is -2.18. The maximum atomic E-state index is 11.3. The van der Waals surface area contributed by atoms with Gasteiger partial charge in [-0.05, 0) is 31.6 Å². The van der Waals surface area contributed by atoms with E-state index in [2.05, 4.69) is 6.07 Å². The summed E-state index contributed by atoms with van der Waals surface area (Å²) in [6.45, 7) is 0. The molecule has 0 bridgehead atoms. The highest BCUT2D eigenvalue weighted by Crippen LogP contribution is 2.34. The zero-order chi connectivity index (χ0) is 13.9. The summed E-state index contributed by atoms with van der Waals surface area (Å²) in [6.07, 6.45) is 12.9. The van der Waals surface area contributed by atoms with E-state index in [-0.39, 0.29) is 5.92 Å². The molecule has 108 valence electrons. The minimum atomic E-state index is -0.582. The minimum absolute atomic E-state index is 0.0962. The van der Waals surface area contributed by atoms with Gasteiger partial charge in [-0.2, -0.15) is 5.26 Å². The molecule has 1 aliphatic carbocycles. The Labute approximate surface area is 117 Å². The number of hydrogen-bond donors (Lipinski definition) is 1. The maximum absolute atomic E-state index is 11.3. The molecule has 0 radical (unpaired) electrons. The molecule has 1 aliphatic rings. The van der Waals surface area contributed by atoms with E-state index in [0.29, 0.717) is 12.3 Å². The Hall–Kier alpha value is -1.04. The lowest BCUT2D eigenvalue weighted by molar-refractivity contribution is -0.144. The van der Waals surface area contributed by atoms with Gasteiger partial charge in [0.25, 0.3) is 0 Å². The molecule has 1 fully saturated rings. The highest BCUT2D eigenvalue weighted by Gasteiger charge is 2.29. The first kappa shape index (κ1) is 16.0. The smallest absolute Gasteiger partial charge is 0.306 e.